The third-order valence-electron chi connectivity index (χ3n) is 2.28. The fraction of sp³-hybridized carbons (Fsp3) is 0.333. The zero-order valence-electron chi connectivity index (χ0n) is 9.32. The lowest BCUT2D eigenvalue weighted by Crippen LogP contribution is -2.08. The molecule has 4 heteroatoms. The minimum atomic E-state index is -0.992. The summed E-state index contributed by atoms with van der Waals surface area (Å²) in [6.45, 7) is 1.97. The van der Waals surface area contributed by atoms with Gasteiger partial charge in [-0.2, -0.15) is 0 Å². The predicted octanol–water partition coefficient (Wildman–Crippen LogP) is 2.12. The van der Waals surface area contributed by atoms with Crippen molar-refractivity contribution in [2.24, 2.45) is 0 Å². The lowest BCUT2D eigenvalue weighted by molar-refractivity contribution is 0.0597. The van der Waals surface area contributed by atoms with Crippen molar-refractivity contribution in [1.29, 1.82) is 0 Å². The Morgan fingerprint density at radius 2 is 2.06 bits per heavy atom. The average Bonchev–Trinajstić information content (AvgIpc) is 2.28. The van der Waals surface area contributed by atoms with E-state index in [0.717, 1.165) is 6.42 Å². The second-order valence-corrected chi connectivity index (χ2v) is 3.42. The molecular weight excluding hydrogens is 208 g/mol. The van der Waals surface area contributed by atoms with Gasteiger partial charge in [-0.15, -0.1) is 0 Å². The third-order valence-corrected chi connectivity index (χ3v) is 2.28. The summed E-state index contributed by atoms with van der Waals surface area (Å²) >= 11 is 0. The van der Waals surface area contributed by atoms with Crippen LogP contribution in [0.2, 0.25) is 0 Å². The van der Waals surface area contributed by atoms with E-state index in [0.29, 0.717) is 17.5 Å². The molecule has 0 aliphatic rings. The van der Waals surface area contributed by atoms with Gasteiger partial charge in [-0.3, -0.25) is 0 Å². The number of methoxy groups -OCH3 is 1. The van der Waals surface area contributed by atoms with E-state index in [1.54, 1.807) is 0 Å². The molecule has 4 nitrogen and oxygen atoms in total. The molecule has 0 atom stereocenters. The molecule has 1 N–H and O–H groups in total. The van der Waals surface area contributed by atoms with Crippen LogP contribution < -0.4 is 0 Å². The summed E-state index contributed by atoms with van der Waals surface area (Å²) in [4.78, 5) is 22.2. The molecule has 0 aliphatic heterocycles. The maximum Gasteiger partial charge on any atom is 0.338 e. The number of carbonyl (C=O) groups is 2. The summed E-state index contributed by atoms with van der Waals surface area (Å²) in [5.41, 5.74) is 1.35. The number of benzene rings is 1. The number of aromatic carboxylic acids is 1. The van der Waals surface area contributed by atoms with Gasteiger partial charge in [-0.1, -0.05) is 13.3 Å². The number of hydrogen-bond donors (Lipinski definition) is 1. The SMILES string of the molecule is CCCc1cc(C(=O)O)ccc1C(=O)OC. The Balaban J connectivity index is 3.18. The summed E-state index contributed by atoms with van der Waals surface area (Å²) in [6.07, 6.45) is 1.50. The molecule has 0 aromatic heterocycles. The smallest absolute Gasteiger partial charge is 0.338 e. The zero-order valence-corrected chi connectivity index (χ0v) is 9.32. The van der Waals surface area contributed by atoms with Gasteiger partial charge in [0.05, 0.1) is 18.2 Å². The number of carbonyl (C=O) groups excluding carboxylic acids is 1. The van der Waals surface area contributed by atoms with Gasteiger partial charge in [-0.25, -0.2) is 9.59 Å². The molecule has 0 unspecified atom stereocenters. The van der Waals surface area contributed by atoms with E-state index in [4.69, 9.17) is 5.11 Å². The van der Waals surface area contributed by atoms with Crippen LogP contribution in [0.3, 0.4) is 0 Å². The molecule has 1 rings (SSSR count). The second-order valence-electron chi connectivity index (χ2n) is 3.42. The fourth-order valence-electron chi connectivity index (χ4n) is 1.51. The number of carboxylic acids is 1. The van der Waals surface area contributed by atoms with Crippen molar-refractivity contribution in [3.05, 3.63) is 34.9 Å². The molecule has 16 heavy (non-hydrogen) atoms. The van der Waals surface area contributed by atoms with Crippen molar-refractivity contribution in [2.45, 2.75) is 19.8 Å². The minimum absolute atomic E-state index is 0.191. The quantitative estimate of drug-likeness (QED) is 0.792. The normalized spacial score (nSPS) is 9.88. The van der Waals surface area contributed by atoms with Crippen molar-refractivity contribution < 1.29 is 19.4 Å². The van der Waals surface area contributed by atoms with E-state index >= 15 is 0 Å². The zero-order chi connectivity index (χ0) is 12.1. The molecular formula is C12H14O4. The Morgan fingerprint density at radius 1 is 1.38 bits per heavy atom. The Kier molecular flexibility index (Phi) is 4.05. The Labute approximate surface area is 93.9 Å². The first-order valence-electron chi connectivity index (χ1n) is 5.04. The summed E-state index contributed by atoms with van der Waals surface area (Å²) in [5, 5.41) is 8.85. The highest BCUT2D eigenvalue weighted by Gasteiger charge is 2.13. The summed E-state index contributed by atoms with van der Waals surface area (Å²) in [6, 6.07) is 4.44. The van der Waals surface area contributed by atoms with Gasteiger partial charge < -0.3 is 9.84 Å². The molecule has 0 aliphatic carbocycles. The number of ether oxygens (including phenoxy) is 1. The molecule has 0 fully saturated rings. The van der Waals surface area contributed by atoms with E-state index in [1.165, 1.54) is 25.3 Å². The standard InChI is InChI=1S/C12H14O4/c1-3-4-8-7-9(11(13)14)5-6-10(8)12(15)16-2/h5-7H,3-4H2,1-2H3,(H,13,14). The first-order valence-corrected chi connectivity index (χ1v) is 5.04. The molecule has 0 amide bonds. The monoisotopic (exact) mass is 222 g/mol. The molecule has 0 saturated carbocycles. The number of esters is 1. The van der Waals surface area contributed by atoms with E-state index in [-0.39, 0.29) is 5.56 Å². The second kappa shape index (κ2) is 5.30. The topological polar surface area (TPSA) is 63.6 Å². The summed E-state index contributed by atoms with van der Waals surface area (Å²) in [7, 11) is 1.31. The minimum Gasteiger partial charge on any atom is -0.478 e. The van der Waals surface area contributed by atoms with Gasteiger partial charge in [0.15, 0.2) is 0 Å². The Bertz CT molecular complexity index is 409. The number of hydrogen-bond acceptors (Lipinski definition) is 3. The Morgan fingerprint density at radius 3 is 2.56 bits per heavy atom. The average molecular weight is 222 g/mol. The highest BCUT2D eigenvalue weighted by molar-refractivity contribution is 5.94. The van der Waals surface area contributed by atoms with Gasteiger partial charge in [-0.05, 0) is 30.2 Å². The summed E-state index contributed by atoms with van der Waals surface area (Å²) < 4.78 is 4.64. The van der Waals surface area contributed by atoms with Crippen LogP contribution in [0.15, 0.2) is 18.2 Å². The highest BCUT2D eigenvalue weighted by Crippen LogP contribution is 2.15. The number of rotatable bonds is 4. The van der Waals surface area contributed by atoms with Crippen molar-refractivity contribution >= 4 is 11.9 Å². The first-order chi connectivity index (χ1) is 7.60. The number of carboxylic acid groups (broad SMARTS) is 1. The van der Waals surface area contributed by atoms with Crippen LogP contribution in [0, 0.1) is 0 Å². The van der Waals surface area contributed by atoms with E-state index < -0.39 is 11.9 Å². The molecule has 0 bridgehead atoms. The van der Waals surface area contributed by atoms with E-state index in [9.17, 15) is 9.59 Å². The fourth-order valence-corrected chi connectivity index (χ4v) is 1.51. The molecule has 0 spiro atoms. The van der Waals surface area contributed by atoms with Gasteiger partial charge in [0.2, 0.25) is 0 Å². The molecule has 0 saturated heterocycles. The maximum atomic E-state index is 11.4. The van der Waals surface area contributed by atoms with E-state index in [2.05, 4.69) is 4.74 Å². The van der Waals surface area contributed by atoms with Crippen LogP contribution in [0.4, 0.5) is 0 Å². The largest absolute Gasteiger partial charge is 0.478 e. The van der Waals surface area contributed by atoms with Gasteiger partial charge in [0.1, 0.15) is 0 Å². The molecule has 1 aromatic rings. The van der Waals surface area contributed by atoms with Crippen molar-refractivity contribution in [1.82, 2.24) is 0 Å². The van der Waals surface area contributed by atoms with Crippen molar-refractivity contribution in [3.63, 3.8) is 0 Å². The third kappa shape index (κ3) is 2.59. The van der Waals surface area contributed by atoms with E-state index in [1.807, 2.05) is 6.92 Å². The van der Waals surface area contributed by atoms with Gasteiger partial charge in [0, 0.05) is 0 Å². The van der Waals surface area contributed by atoms with Crippen LogP contribution in [-0.4, -0.2) is 24.2 Å². The van der Waals surface area contributed by atoms with Crippen LogP contribution in [0.1, 0.15) is 39.6 Å². The predicted molar refractivity (Wildman–Crippen MR) is 58.7 cm³/mol. The van der Waals surface area contributed by atoms with Crippen LogP contribution in [-0.2, 0) is 11.2 Å². The van der Waals surface area contributed by atoms with Gasteiger partial charge in [0.25, 0.3) is 0 Å². The summed E-state index contributed by atoms with van der Waals surface area (Å²) in [5.74, 6) is -1.42. The molecule has 0 heterocycles. The molecule has 0 radical (unpaired) electrons. The lowest BCUT2D eigenvalue weighted by atomic mass is 10.0. The lowest BCUT2D eigenvalue weighted by Gasteiger charge is -2.07. The number of aryl methyl sites for hydroxylation is 1. The van der Waals surface area contributed by atoms with Crippen LogP contribution >= 0.6 is 0 Å². The van der Waals surface area contributed by atoms with Crippen molar-refractivity contribution in [3.8, 4) is 0 Å². The van der Waals surface area contributed by atoms with Crippen LogP contribution in [0.25, 0.3) is 0 Å². The van der Waals surface area contributed by atoms with Crippen LogP contribution in [0.5, 0.6) is 0 Å². The Hall–Kier alpha value is -1.84. The first kappa shape index (κ1) is 12.2. The van der Waals surface area contributed by atoms with Crippen molar-refractivity contribution in [2.75, 3.05) is 7.11 Å². The maximum absolute atomic E-state index is 11.4. The molecule has 1 aromatic carbocycles. The highest BCUT2D eigenvalue weighted by atomic mass is 16.5. The van der Waals surface area contributed by atoms with Gasteiger partial charge >= 0.3 is 11.9 Å². The molecule has 86 valence electrons.